The van der Waals surface area contributed by atoms with E-state index in [0.29, 0.717) is 16.1 Å². The molecule has 0 aliphatic heterocycles. The SMILES string of the molecule is O=CN(c1cnc(C(F)(F)F)nc1)c1scc(-c2ccc(Cl)cc2)c1C(=O)O. The van der Waals surface area contributed by atoms with Crippen molar-refractivity contribution in [2.75, 3.05) is 4.90 Å². The number of alkyl halides is 3. The van der Waals surface area contributed by atoms with Gasteiger partial charge in [0.15, 0.2) is 0 Å². The molecule has 0 fully saturated rings. The fourth-order valence-electron chi connectivity index (χ4n) is 2.39. The van der Waals surface area contributed by atoms with Gasteiger partial charge < -0.3 is 5.11 Å². The number of carbonyl (C=O) groups excluding carboxylic acids is 1. The first-order valence-corrected chi connectivity index (χ1v) is 8.72. The van der Waals surface area contributed by atoms with Crippen LogP contribution in [0.2, 0.25) is 5.02 Å². The summed E-state index contributed by atoms with van der Waals surface area (Å²) < 4.78 is 37.9. The Hall–Kier alpha value is -2.98. The lowest BCUT2D eigenvalue weighted by Gasteiger charge is -2.16. The molecule has 0 unspecified atom stereocenters. The number of rotatable bonds is 5. The summed E-state index contributed by atoms with van der Waals surface area (Å²) in [6, 6.07) is 6.41. The third kappa shape index (κ3) is 3.82. The molecule has 2 heterocycles. The molecule has 0 atom stereocenters. The Morgan fingerprint density at radius 1 is 1.18 bits per heavy atom. The van der Waals surface area contributed by atoms with Crippen molar-refractivity contribution in [3.05, 3.63) is 58.4 Å². The molecule has 6 nitrogen and oxygen atoms in total. The van der Waals surface area contributed by atoms with Gasteiger partial charge in [0.2, 0.25) is 12.2 Å². The van der Waals surface area contributed by atoms with Crippen LogP contribution in [-0.2, 0) is 11.0 Å². The molecule has 2 aromatic heterocycles. The number of benzene rings is 1. The smallest absolute Gasteiger partial charge is 0.451 e. The lowest BCUT2D eigenvalue weighted by Crippen LogP contribution is -2.18. The Labute approximate surface area is 164 Å². The van der Waals surface area contributed by atoms with Crippen LogP contribution in [0, 0.1) is 0 Å². The Kier molecular flexibility index (Phi) is 5.34. The van der Waals surface area contributed by atoms with E-state index in [2.05, 4.69) is 9.97 Å². The van der Waals surface area contributed by atoms with E-state index in [1.165, 1.54) is 5.38 Å². The highest BCUT2D eigenvalue weighted by Crippen LogP contribution is 2.40. The number of halogens is 4. The zero-order valence-electron chi connectivity index (χ0n) is 13.6. The van der Waals surface area contributed by atoms with Crippen molar-refractivity contribution in [1.29, 1.82) is 0 Å². The Bertz CT molecular complexity index is 1020. The van der Waals surface area contributed by atoms with Gasteiger partial charge >= 0.3 is 12.1 Å². The number of nitrogens with zero attached hydrogens (tertiary/aromatic N) is 3. The van der Waals surface area contributed by atoms with Crippen molar-refractivity contribution in [3.8, 4) is 11.1 Å². The van der Waals surface area contributed by atoms with Gasteiger partial charge in [-0.15, -0.1) is 11.3 Å². The fraction of sp³-hybridized carbons (Fsp3) is 0.0588. The highest BCUT2D eigenvalue weighted by molar-refractivity contribution is 7.15. The number of hydrogen-bond acceptors (Lipinski definition) is 5. The molecule has 1 amide bonds. The lowest BCUT2D eigenvalue weighted by molar-refractivity contribution is -0.144. The standard InChI is InChI=1S/C17H9ClF3N3O3S/c18-10-3-1-9(2-4-10)12-7-28-14(13(12)15(26)27)24(8-25)11-5-22-16(23-6-11)17(19,20)21/h1-8H,(H,26,27). The number of thiophene rings is 1. The topological polar surface area (TPSA) is 83.4 Å². The predicted octanol–water partition coefficient (Wildman–Crippen LogP) is 4.87. The number of aromatic nitrogens is 2. The third-order valence-electron chi connectivity index (χ3n) is 3.63. The summed E-state index contributed by atoms with van der Waals surface area (Å²) >= 11 is 6.79. The maximum Gasteiger partial charge on any atom is 0.451 e. The van der Waals surface area contributed by atoms with Crippen LogP contribution in [0.15, 0.2) is 42.0 Å². The van der Waals surface area contributed by atoms with Crippen LogP contribution >= 0.6 is 22.9 Å². The predicted molar refractivity (Wildman–Crippen MR) is 97.0 cm³/mol. The van der Waals surface area contributed by atoms with E-state index in [4.69, 9.17) is 11.6 Å². The van der Waals surface area contributed by atoms with E-state index in [1.807, 2.05) is 0 Å². The number of carbonyl (C=O) groups is 2. The first kappa shape index (κ1) is 19.8. The molecule has 0 aliphatic carbocycles. The Balaban J connectivity index is 2.07. The number of hydrogen-bond donors (Lipinski definition) is 1. The first-order chi connectivity index (χ1) is 13.2. The summed E-state index contributed by atoms with van der Waals surface area (Å²) in [7, 11) is 0. The van der Waals surface area contributed by atoms with Crippen LogP contribution in [0.1, 0.15) is 16.2 Å². The van der Waals surface area contributed by atoms with Gasteiger partial charge in [-0.2, -0.15) is 13.2 Å². The first-order valence-electron chi connectivity index (χ1n) is 7.47. The summed E-state index contributed by atoms with van der Waals surface area (Å²) in [5.74, 6) is -2.67. The van der Waals surface area contributed by atoms with Crippen LogP contribution in [0.3, 0.4) is 0 Å². The quantitative estimate of drug-likeness (QED) is 0.587. The van der Waals surface area contributed by atoms with E-state index in [9.17, 15) is 27.9 Å². The van der Waals surface area contributed by atoms with Gasteiger partial charge in [-0.3, -0.25) is 9.69 Å². The van der Waals surface area contributed by atoms with Gasteiger partial charge in [0.05, 0.1) is 18.1 Å². The zero-order valence-corrected chi connectivity index (χ0v) is 15.2. The molecule has 28 heavy (non-hydrogen) atoms. The minimum atomic E-state index is -4.73. The van der Waals surface area contributed by atoms with Gasteiger partial charge in [0.1, 0.15) is 10.6 Å². The Morgan fingerprint density at radius 2 is 1.79 bits per heavy atom. The largest absolute Gasteiger partial charge is 0.478 e. The van der Waals surface area contributed by atoms with E-state index < -0.39 is 18.0 Å². The third-order valence-corrected chi connectivity index (χ3v) is 4.86. The number of amides is 1. The minimum absolute atomic E-state index is 0.0100. The minimum Gasteiger partial charge on any atom is -0.478 e. The molecule has 144 valence electrons. The molecule has 1 N–H and O–H groups in total. The monoisotopic (exact) mass is 427 g/mol. The van der Waals surface area contributed by atoms with Crippen LogP contribution in [-0.4, -0.2) is 27.5 Å². The van der Waals surface area contributed by atoms with Crippen molar-refractivity contribution in [1.82, 2.24) is 9.97 Å². The van der Waals surface area contributed by atoms with Gasteiger partial charge in [-0.05, 0) is 17.7 Å². The second-order valence-electron chi connectivity index (χ2n) is 5.38. The van der Waals surface area contributed by atoms with Gasteiger partial charge in [0.25, 0.3) is 0 Å². The normalized spacial score (nSPS) is 11.3. The van der Waals surface area contributed by atoms with E-state index in [0.717, 1.165) is 28.6 Å². The molecular weight excluding hydrogens is 419 g/mol. The second kappa shape index (κ2) is 7.56. The maximum atomic E-state index is 12.6. The number of carboxylic acid groups (broad SMARTS) is 1. The summed E-state index contributed by atoms with van der Waals surface area (Å²) in [5, 5.41) is 11.7. The molecule has 0 spiro atoms. The molecule has 0 aliphatic rings. The molecule has 0 bridgehead atoms. The fourth-order valence-corrected chi connectivity index (χ4v) is 3.58. The highest BCUT2D eigenvalue weighted by Gasteiger charge is 2.34. The summed E-state index contributed by atoms with van der Waals surface area (Å²) in [6.45, 7) is 0. The number of aromatic carboxylic acids is 1. The molecule has 0 saturated carbocycles. The molecule has 3 rings (SSSR count). The van der Waals surface area contributed by atoms with Crippen molar-refractivity contribution < 1.29 is 27.9 Å². The van der Waals surface area contributed by atoms with Crippen molar-refractivity contribution >= 4 is 46.0 Å². The second-order valence-corrected chi connectivity index (χ2v) is 6.67. The number of carboxylic acids is 1. The average molecular weight is 428 g/mol. The van der Waals surface area contributed by atoms with Gasteiger partial charge in [-0.1, -0.05) is 23.7 Å². The van der Waals surface area contributed by atoms with Crippen molar-refractivity contribution in [2.24, 2.45) is 0 Å². The van der Waals surface area contributed by atoms with E-state index in [1.54, 1.807) is 24.3 Å². The van der Waals surface area contributed by atoms with E-state index >= 15 is 0 Å². The van der Waals surface area contributed by atoms with Crippen LogP contribution in [0.4, 0.5) is 23.9 Å². The van der Waals surface area contributed by atoms with Crippen molar-refractivity contribution in [3.63, 3.8) is 0 Å². The molecule has 11 heteroatoms. The maximum absolute atomic E-state index is 12.6. The zero-order chi connectivity index (χ0) is 20.5. The van der Waals surface area contributed by atoms with E-state index in [-0.39, 0.29) is 22.7 Å². The summed E-state index contributed by atoms with van der Waals surface area (Å²) in [5.41, 5.74) is 0.608. The van der Waals surface area contributed by atoms with Crippen LogP contribution in [0.5, 0.6) is 0 Å². The summed E-state index contributed by atoms with van der Waals surface area (Å²) in [6.07, 6.45) is -2.84. The van der Waals surface area contributed by atoms with Crippen LogP contribution < -0.4 is 4.90 Å². The number of anilines is 2. The molecule has 0 saturated heterocycles. The van der Waals surface area contributed by atoms with Crippen molar-refractivity contribution in [2.45, 2.75) is 6.18 Å². The molecule has 0 radical (unpaired) electrons. The van der Waals surface area contributed by atoms with Gasteiger partial charge in [-0.25, -0.2) is 14.8 Å². The molecule has 3 aromatic rings. The lowest BCUT2D eigenvalue weighted by atomic mass is 10.0. The molecule has 1 aromatic carbocycles. The summed E-state index contributed by atoms with van der Waals surface area (Å²) in [4.78, 5) is 30.7. The highest BCUT2D eigenvalue weighted by atomic mass is 35.5. The molecular formula is C17H9ClF3N3O3S. The van der Waals surface area contributed by atoms with Gasteiger partial charge in [0, 0.05) is 16.0 Å². The van der Waals surface area contributed by atoms with Crippen LogP contribution in [0.25, 0.3) is 11.1 Å². The Morgan fingerprint density at radius 3 is 2.29 bits per heavy atom. The average Bonchev–Trinajstić information content (AvgIpc) is 3.08.